The third kappa shape index (κ3) is 3.22. The summed E-state index contributed by atoms with van der Waals surface area (Å²) in [5, 5.41) is 2.72. The highest BCUT2D eigenvalue weighted by Crippen LogP contribution is 2.44. The number of fused-ring (bicyclic) bond motifs is 1. The Hall–Kier alpha value is -2.92. The molecule has 1 amide bonds. The molecule has 0 saturated carbocycles. The van der Waals surface area contributed by atoms with E-state index in [2.05, 4.69) is 34.5 Å². The van der Waals surface area contributed by atoms with Gasteiger partial charge in [0.15, 0.2) is 0 Å². The van der Waals surface area contributed by atoms with Crippen molar-refractivity contribution >= 4 is 22.7 Å². The molecule has 4 rings (SSSR count). The zero-order chi connectivity index (χ0) is 20.1. The van der Waals surface area contributed by atoms with Crippen molar-refractivity contribution in [3.63, 3.8) is 0 Å². The molecule has 0 unspecified atom stereocenters. The molecule has 0 aliphatic carbocycles. The largest absolute Gasteiger partial charge is 0.482 e. The Kier molecular flexibility index (Phi) is 4.35. The summed E-state index contributed by atoms with van der Waals surface area (Å²) in [6, 6.07) is 12.7. The Labute approximate surface area is 164 Å². The van der Waals surface area contributed by atoms with Crippen LogP contribution in [-0.2, 0) is 16.1 Å². The van der Waals surface area contributed by atoms with Crippen molar-refractivity contribution in [1.29, 1.82) is 0 Å². The molecule has 2 aromatic rings. The number of hydrogen-bond acceptors (Lipinski definition) is 3. The van der Waals surface area contributed by atoms with Crippen molar-refractivity contribution in [2.45, 2.75) is 26.0 Å². The van der Waals surface area contributed by atoms with Gasteiger partial charge in [0.25, 0.3) is 5.91 Å². The molecule has 4 nitrogen and oxygen atoms in total. The fraction of sp³-hybridized carbons (Fsp3) is 0.261. The lowest BCUT2D eigenvalue weighted by molar-refractivity contribution is -0.111. The highest BCUT2D eigenvalue weighted by Gasteiger charge is 2.37. The van der Waals surface area contributed by atoms with Crippen LogP contribution in [0.2, 0.25) is 0 Å². The van der Waals surface area contributed by atoms with Gasteiger partial charge in [-0.2, -0.15) is 0 Å². The lowest BCUT2D eigenvalue weighted by Crippen LogP contribution is -2.21. The number of halogens is 1. The monoisotopic (exact) mass is 378 g/mol. The number of rotatable bonds is 3. The number of hydrogen-bond donors (Lipinski definition) is 1. The molecular weight excluding hydrogens is 355 g/mol. The molecule has 2 aliphatic rings. The minimum Gasteiger partial charge on any atom is -0.482 e. The van der Waals surface area contributed by atoms with E-state index in [1.807, 2.05) is 34.0 Å². The van der Waals surface area contributed by atoms with Gasteiger partial charge in [0.05, 0.1) is 11.3 Å². The van der Waals surface area contributed by atoms with E-state index in [1.54, 1.807) is 6.07 Å². The molecule has 0 bridgehead atoms. The summed E-state index contributed by atoms with van der Waals surface area (Å²) in [5.41, 5.74) is 4.31. The highest BCUT2D eigenvalue weighted by atomic mass is 19.1. The van der Waals surface area contributed by atoms with Crippen LogP contribution in [0, 0.1) is 5.82 Å². The Morgan fingerprint density at radius 2 is 1.82 bits per heavy atom. The Bertz CT molecular complexity index is 1020. The zero-order valence-corrected chi connectivity index (χ0v) is 16.5. The second kappa shape index (κ2) is 6.60. The van der Waals surface area contributed by atoms with Gasteiger partial charge in [-0.1, -0.05) is 24.3 Å². The highest BCUT2D eigenvalue weighted by molar-refractivity contribution is 6.32. The van der Waals surface area contributed by atoms with E-state index in [0.717, 1.165) is 17.7 Å². The predicted octanol–water partition coefficient (Wildman–Crippen LogP) is 4.44. The average molecular weight is 378 g/mol. The van der Waals surface area contributed by atoms with Crippen molar-refractivity contribution < 1.29 is 13.9 Å². The van der Waals surface area contributed by atoms with Gasteiger partial charge >= 0.3 is 0 Å². The van der Waals surface area contributed by atoms with Gasteiger partial charge in [-0.05, 0) is 63.3 Å². The number of benzene rings is 2. The molecule has 2 heterocycles. The van der Waals surface area contributed by atoms with E-state index in [4.69, 9.17) is 4.74 Å². The van der Waals surface area contributed by atoms with E-state index < -0.39 is 5.60 Å². The average Bonchev–Trinajstić information content (AvgIpc) is 3.09. The number of ether oxygens (including phenoxy) is 1. The van der Waals surface area contributed by atoms with Crippen LogP contribution in [0.15, 0.2) is 54.3 Å². The number of carbonyl (C=O) groups excluding carboxylic acids is 1. The van der Waals surface area contributed by atoms with Gasteiger partial charge in [0.2, 0.25) is 0 Å². The Morgan fingerprint density at radius 3 is 2.50 bits per heavy atom. The van der Waals surface area contributed by atoms with Gasteiger partial charge in [-0.25, -0.2) is 4.39 Å². The maximum atomic E-state index is 13.5. The predicted molar refractivity (Wildman–Crippen MR) is 109 cm³/mol. The van der Waals surface area contributed by atoms with Gasteiger partial charge in [0.1, 0.15) is 17.2 Å². The second-order valence-corrected chi connectivity index (χ2v) is 7.99. The molecule has 0 aromatic heterocycles. The van der Waals surface area contributed by atoms with Crippen molar-refractivity contribution in [2.24, 2.45) is 0 Å². The molecular formula is C23H23FN2O2. The maximum Gasteiger partial charge on any atom is 0.260 e. The molecule has 5 heteroatoms. The first kappa shape index (κ1) is 18.4. The number of amides is 1. The quantitative estimate of drug-likeness (QED) is 0.803. The van der Waals surface area contributed by atoms with E-state index >= 15 is 0 Å². The van der Waals surface area contributed by atoms with E-state index in [-0.39, 0.29) is 11.7 Å². The van der Waals surface area contributed by atoms with Crippen molar-refractivity contribution in [1.82, 2.24) is 4.90 Å². The molecule has 2 aliphatic heterocycles. The summed E-state index contributed by atoms with van der Waals surface area (Å²) in [5.74, 6) is -0.141. The number of nitrogens with one attached hydrogen (secondary N) is 1. The number of allylic oxidation sites excluding steroid dienone is 1. The van der Waals surface area contributed by atoms with E-state index in [1.165, 1.54) is 17.7 Å². The summed E-state index contributed by atoms with van der Waals surface area (Å²) in [4.78, 5) is 14.6. The van der Waals surface area contributed by atoms with Gasteiger partial charge in [-0.3, -0.25) is 4.79 Å². The first-order valence-electron chi connectivity index (χ1n) is 9.25. The Morgan fingerprint density at radius 1 is 1.11 bits per heavy atom. The van der Waals surface area contributed by atoms with Gasteiger partial charge < -0.3 is 15.0 Å². The van der Waals surface area contributed by atoms with Crippen LogP contribution in [0.1, 0.15) is 30.5 Å². The summed E-state index contributed by atoms with van der Waals surface area (Å²) in [7, 11) is 4.08. The van der Waals surface area contributed by atoms with Crippen LogP contribution in [0.4, 0.5) is 10.1 Å². The standard InChI is InChI=1S/C23H23FN2O2/c1-23(2)18(15-7-5-14(6-8-15)13-26(3)4)12-20(28-23)21-17-10-9-16(24)11-19(17)25-22(21)27/h5-12H,13H2,1-4H3,(H,25,27)/b21-20+. The third-order valence-electron chi connectivity index (χ3n) is 5.03. The number of anilines is 1. The lowest BCUT2D eigenvalue weighted by Gasteiger charge is -2.23. The number of nitrogens with zero attached hydrogens (tertiary/aromatic N) is 1. The second-order valence-electron chi connectivity index (χ2n) is 7.99. The Balaban J connectivity index is 1.75. The summed E-state index contributed by atoms with van der Waals surface area (Å²) >= 11 is 0. The molecule has 28 heavy (non-hydrogen) atoms. The smallest absolute Gasteiger partial charge is 0.260 e. The molecule has 0 saturated heterocycles. The van der Waals surface area contributed by atoms with Crippen molar-refractivity contribution in [3.05, 3.63) is 76.8 Å². The fourth-order valence-corrected chi connectivity index (χ4v) is 3.76. The normalized spacial score (nSPS) is 20.1. The van der Waals surface area contributed by atoms with Gasteiger partial charge in [-0.15, -0.1) is 0 Å². The van der Waals surface area contributed by atoms with Crippen LogP contribution in [0.5, 0.6) is 0 Å². The minimum absolute atomic E-state index is 0.273. The molecule has 0 atom stereocenters. The molecule has 0 spiro atoms. The minimum atomic E-state index is -0.575. The SMILES string of the molecule is CN(C)Cc1ccc(C2=C/C(=C3\C(=O)Nc4cc(F)ccc43)OC2(C)C)cc1. The van der Waals surface area contributed by atoms with Crippen molar-refractivity contribution in [3.8, 4) is 0 Å². The van der Waals surface area contributed by atoms with Crippen LogP contribution >= 0.6 is 0 Å². The van der Waals surface area contributed by atoms with E-state index in [9.17, 15) is 9.18 Å². The van der Waals surface area contributed by atoms with Crippen LogP contribution in [0.3, 0.4) is 0 Å². The number of carbonyl (C=O) groups is 1. The first-order chi connectivity index (χ1) is 13.2. The summed E-state index contributed by atoms with van der Waals surface area (Å²) in [6.07, 6.45) is 1.92. The van der Waals surface area contributed by atoms with E-state index in [0.29, 0.717) is 22.6 Å². The molecule has 1 N–H and O–H groups in total. The topological polar surface area (TPSA) is 41.6 Å². The molecule has 0 radical (unpaired) electrons. The van der Waals surface area contributed by atoms with Crippen LogP contribution in [0.25, 0.3) is 11.1 Å². The zero-order valence-electron chi connectivity index (χ0n) is 16.5. The van der Waals surface area contributed by atoms with Gasteiger partial charge in [0, 0.05) is 17.7 Å². The summed E-state index contributed by atoms with van der Waals surface area (Å²) in [6.45, 7) is 4.85. The molecule has 0 fully saturated rings. The van der Waals surface area contributed by atoms with Crippen molar-refractivity contribution in [2.75, 3.05) is 19.4 Å². The van der Waals surface area contributed by atoms with Crippen LogP contribution < -0.4 is 5.32 Å². The fourth-order valence-electron chi connectivity index (χ4n) is 3.76. The lowest BCUT2D eigenvalue weighted by atomic mass is 9.91. The maximum absolute atomic E-state index is 13.5. The van der Waals surface area contributed by atoms with Crippen LogP contribution in [-0.4, -0.2) is 30.5 Å². The summed E-state index contributed by atoms with van der Waals surface area (Å²) < 4.78 is 19.7. The first-order valence-corrected chi connectivity index (χ1v) is 9.25. The molecule has 144 valence electrons. The third-order valence-corrected chi connectivity index (χ3v) is 5.03. The molecule has 2 aromatic carbocycles.